The fraction of sp³-hybridized carbons (Fsp3) is 0.400. The molecule has 1 rings (SSSR count). The number of hydrogen-bond acceptors (Lipinski definition) is 3. The Morgan fingerprint density at radius 1 is 1.44 bits per heavy atom. The number of aliphatic hydroxyl groups is 1. The number of benzene rings is 1. The highest BCUT2D eigenvalue weighted by atomic mass is 35.5. The molecule has 0 saturated heterocycles. The zero-order valence-corrected chi connectivity index (χ0v) is 10.9. The zero-order valence-electron chi connectivity index (χ0n) is 8.60. The molecule has 0 unspecified atom stereocenters. The van der Waals surface area contributed by atoms with Crippen molar-refractivity contribution in [3.63, 3.8) is 0 Å². The van der Waals surface area contributed by atoms with Crippen LogP contribution in [0.1, 0.15) is 18.6 Å². The van der Waals surface area contributed by atoms with Gasteiger partial charge in [-0.1, -0.05) is 30.7 Å². The van der Waals surface area contributed by atoms with Crippen LogP contribution in [0.5, 0.6) is 0 Å². The van der Waals surface area contributed by atoms with E-state index >= 15 is 0 Å². The number of halogens is 2. The van der Waals surface area contributed by atoms with Gasteiger partial charge in [-0.3, -0.25) is 0 Å². The first-order chi connectivity index (χ1) is 7.38. The molecule has 6 heteroatoms. The zero-order chi connectivity index (χ0) is 12.3. The van der Waals surface area contributed by atoms with Crippen LogP contribution in [0.25, 0.3) is 0 Å². The highest BCUT2D eigenvalue weighted by molar-refractivity contribution is 7.93. The summed E-state index contributed by atoms with van der Waals surface area (Å²) in [6.45, 7) is 1.48. The lowest BCUT2D eigenvalue weighted by molar-refractivity contribution is 0.191. The molecule has 16 heavy (non-hydrogen) atoms. The Hall–Kier alpha value is -0.290. The smallest absolute Gasteiger partial charge is 0.169 e. The van der Waals surface area contributed by atoms with Crippen molar-refractivity contribution >= 4 is 33.0 Å². The maximum absolute atomic E-state index is 11.5. The van der Waals surface area contributed by atoms with E-state index in [-0.39, 0.29) is 5.75 Å². The molecule has 0 aliphatic heterocycles. The van der Waals surface area contributed by atoms with Crippen molar-refractivity contribution in [2.24, 2.45) is 0 Å². The maximum atomic E-state index is 11.5. The van der Waals surface area contributed by atoms with E-state index in [1.807, 2.05) is 0 Å². The average Bonchev–Trinajstić information content (AvgIpc) is 2.27. The molecular weight excluding hydrogens is 271 g/mol. The summed E-state index contributed by atoms with van der Waals surface area (Å²) >= 11 is 11.5. The molecule has 0 aromatic heterocycles. The first kappa shape index (κ1) is 13.8. The van der Waals surface area contributed by atoms with Crippen LogP contribution in [0, 0.1) is 0 Å². The van der Waals surface area contributed by atoms with Crippen LogP contribution in [0.2, 0.25) is 5.02 Å². The van der Waals surface area contributed by atoms with Gasteiger partial charge in [-0.2, -0.15) is 0 Å². The third-order valence-electron chi connectivity index (χ3n) is 2.18. The Kier molecular flexibility index (Phi) is 4.62. The van der Waals surface area contributed by atoms with Gasteiger partial charge in [0.15, 0.2) is 14.5 Å². The topological polar surface area (TPSA) is 54.4 Å². The average molecular weight is 283 g/mol. The second kappa shape index (κ2) is 5.36. The molecule has 0 saturated carbocycles. The molecule has 0 fully saturated rings. The lowest BCUT2D eigenvalue weighted by Crippen LogP contribution is -2.24. The van der Waals surface area contributed by atoms with Gasteiger partial charge in [-0.15, -0.1) is 11.6 Å². The molecule has 0 aliphatic carbocycles. The number of hydrogen-bond donors (Lipinski definition) is 1. The normalized spacial score (nSPS) is 15.8. The second-order valence-electron chi connectivity index (χ2n) is 3.30. The Morgan fingerprint density at radius 3 is 2.56 bits per heavy atom. The van der Waals surface area contributed by atoms with Crippen LogP contribution in [0.3, 0.4) is 0 Å². The molecule has 90 valence electrons. The summed E-state index contributed by atoms with van der Waals surface area (Å²) < 4.78 is 21.6. The van der Waals surface area contributed by atoms with E-state index in [1.54, 1.807) is 18.2 Å². The van der Waals surface area contributed by atoms with Gasteiger partial charge in [-0.25, -0.2) is 8.42 Å². The SMILES string of the molecule is CCS(=O)(=O)[C@@H](Cl)[C@H](O)c1cccc(Cl)c1. The largest absolute Gasteiger partial charge is 0.386 e. The second-order valence-corrected chi connectivity index (χ2v) is 6.88. The van der Waals surface area contributed by atoms with Gasteiger partial charge < -0.3 is 5.11 Å². The van der Waals surface area contributed by atoms with E-state index in [2.05, 4.69) is 0 Å². The quantitative estimate of drug-likeness (QED) is 0.863. The van der Waals surface area contributed by atoms with Crippen LogP contribution in [0.15, 0.2) is 24.3 Å². The first-order valence-electron chi connectivity index (χ1n) is 4.67. The van der Waals surface area contributed by atoms with Crippen molar-refractivity contribution in [2.45, 2.75) is 17.7 Å². The number of alkyl halides is 1. The Labute approximate surface area is 105 Å². The maximum Gasteiger partial charge on any atom is 0.169 e. The van der Waals surface area contributed by atoms with Gasteiger partial charge in [0.05, 0.1) is 0 Å². The number of rotatable bonds is 4. The van der Waals surface area contributed by atoms with Crippen molar-refractivity contribution in [1.29, 1.82) is 0 Å². The molecule has 0 radical (unpaired) electrons. The molecule has 1 aromatic rings. The van der Waals surface area contributed by atoms with Gasteiger partial charge in [-0.05, 0) is 17.7 Å². The predicted octanol–water partition coefficient (Wildman–Crippen LogP) is 2.37. The van der Waals surface area contributed by atoms with Crippen LogP contribution >= 0.6 is 23.2 Å². The van der Waals surface area contributed by atoms with Crippen LogP contribution < -0.4 is 0 Å². The monoisotopic (exact) mass is 282 g/mol. The van der Waals surface area contributed by atoms with Crippen LogP contribution in [0.4, 0.5) is 0 Å². The minimum Gasteiger partial charge on any atom is -0.386 e. The molecule has 1 aromatic carbocycles. The van der Waals surface area contributed by atoms with Gasteiger partial charge in [0.1, 0.15) is 6.10 Å². The molecule has 1 N–H and O–H groups in total. The summed E-state index contributed by atoms with van der Waals surface area (Å²) in [6, 6.07) is 6.34. The fourth-order valence-electron chi connectivity index (χ4n) is 1.20. The van der Waals surface area contributed by atoms with E-state index < -0.39 is 20.7 Å². The van der Waals surface area contributed by atoms with E-state index in [9.17, 15) is 13.5 Å². The van der Waals surface area contributed by atoms with Crippen molar-refractivity contribution in [3.8, 4) is 0 Å². The lowest BCUT2D eigenvalue weighted by Gasteiger charge is -2.17. The summed E-state index contributed by atoms with van der Waals surface area (Å²) in [6.07, 6.45) is -1.27. The fourth-order valence-corrected chi connectivity index (χ4v) is 2.79. The number of aliphatic hydroxyl groups excluding tert-OH is 1. The summed E-state index contributed by atoms with van der Waals surface area (Å²) in [7, 11) is -3.49. The summed E-state index contributed by atoms with van der Waals surface area (Å²) in [4.78, 5) is 0. The van der Waals surface area contributed by atoms with Gasteiger partial charge in [0.2, 0.25) is 0 Å². The van der Waals surface area contributed by atoms with Gasteiger partial charge >= 0.3 is 0 Å². The third-order valence-corrected chi connectivity index (χ3v) is 5.22. The van der Waals surface area contributed by atoms with Gasteiger partial charge in [0, 0.05) is 10.8 Å². The molecule has 0 spiro atoms. The van der Waals surface area contributed by atoms with Crippen LogP contribution in [-0.4, -0.2) is 24.0 Å². The van der Waals surface area contributed by atoms with E-state index in [4.69, 9.17) is 23.2 Å². The molecule has 0 aliphatic rings. The molecular formula is C10H12Cl2O3S. The third kappa shape index (κ3) is 3.10. The van der Waals surface area contributed by atoms with Gasteiger partial charge in [0.25, 0.3) is 0 Å². The van der Waals surface area contributed by atoms with Crippen molar-refractivity contribution in [1.82, 2.24) is 0 Å². The molecule has 0 amide bonds. The standard InChI is InChI=1S/C10H12Cl2O3S/c1-2-16(14,15)10(12)9(13)7-4-3-5-8(11)6-7/h3-6,9-10,13H,2H2,1H3/t9-,10-/m1/s1. The van der Waals surface area contributed by atoms with Crippen molar-refractivity contribution in [2.75, 3.05) is 5.75 Å². The molecule has 2 atom stereocenters. The van der Waals surface area contributed by atoms with Crippen LogP contribution in [-0.2, 0) is 9.84 Å². The minimum atomic E-state index is -3.49. The lowest BCUT2D eigenvalue weighted by atomic mass is 10.1. The highest BCUT2D eigenvalue weighted by Crippen LogP contribution is 2.27. The molecule has 3 nitrogen and oxygen atoms in total. The molecule has 0 heterocycles. The Morgan fingerprint density at radius 2 is 2.06 bits per heavy atom. The van der Waals surface area contributed by atoms with E-state index in [0.717, 1.165) is 0 Å². The summed E-state index contributed by atoms with van der Waals surface area (Å²) in [5.74, 6) is -0.112. The highest BCUT2D eigenvalue weighted by Gasteiger charge is 2.29. The van der Waals surface area contributed by atoms with Crippen molar-refractivity contribution in [3.05, 3.63) is 34.9 Å². The van der Waals surface area contributed by atoms with Crippen molar-refractivity contribution < 1.29 is 13.5 Å². The summed E-state index contributed by atoms with van der Waals surface area (Å²) in [5.41, 5.74) is 0.393. The Balaban J connectivity index is 2.99. The predicted molar refractivity (Wildman–Crippen MR) is 65.5 cm³/mol. The van der Waals surface area contributed by atoms with E-state index in [1.165, 1.54) is 13.0 Å². The Bertz CT molecular complexity index is 459. The molecule has 0 bridgehead atoms. The first-order valence-corrected chi connectivity index (χ1v) is 7.20. The van der Waals surface area contributed by atoms with E-state index in [0.29, 0.717) is 10.6 Å². The number of sulfone groups is 1. The minimum absolute atomic E-state index is 0.112. The summed E-state index contributed by atoms with van der Waals surface area (Å²) in [5, 5.41) is 10.2.